The standard InChI is InChI=1S/C15H22N2O/c1-12-8-10-17(11-9-12)14-6-4-13(5-7-14)15(18)16(2)3/h4-7,12H,8-11H2,1-3H3. The summed E-state index contributed by atoms with van der Waals surface area (Å²) in [6, 6.07) is 7.98. The molecule has 1 amide bonds. The average Bonchev–Trinajstić information content (AvgIpc) is 2.39. The number of amides is 1. The summed E-state index contributed by atoms with van der Waals surface area (Å²) in [5.74, 6) is 0.907. The van der Waals surface area contributed by atoms with Crippen LogP contribution in [0.3, 0.4) is 0 Å². The van der Waals surface area contributed by atoms with Gasteiger partial charge in [-0.2, -0.15) is 0 Å². The Balaban J connectivity index is 2.06. The highest BCUT2D eigenvalue weighted by Gasteiger charge is 2.16. The van der Waals surface area contributed by atoms with Crippen LogP contribution in [0.2, 0.25) is 0 Å². The van der Waals surface area contributed by atoms with Gasteiger partial charge in [-0.15, -0.1) is 0 Å². The van der Waals surface area contributed by atoms with Crippen LogP contribution < -0.4 is 4.90 Å². The summed E-state index contributed by atoms with van der Waals surface area (Å²) in [6.45, 7) is 4.57. The minimum atomic E-state index is 0.0637. The van der Waals surface area contributed by atoms with Gasteiger partial charge in [-0.05, 0) is 43.0 Å². The lowest BCUT2D eigenvalue weighted by Gasteiger charge is -2.32. The van der Waals surface area contributed by atoms with Crippen LogP contribution >= 0.6 is 0 Å². The first-order valence-corrected chi connectivity index (χ1v) is 6.64. The topological polar surface area (TPSA) is 23.6 Å². The number of carbonyl (C=O) groups is 1. The molecule has 1 heterocycles. The van der Waals surface area contributed by atoms with Crippen molar-refractivity contribution in [2.45, 2.75) is 19.8 Å². The number of hydrogen-bond acceptors (Lipinski definition) is 2. The van der Waals surface area contributed by atoms with Crippen molar-refractivity contribution in [1.29, 1.82) is 0 Å². The Labute approximate surface area is 109 Å². The van der Waals surface area contributed by atoms with Crippen molar-refractivity contribution in [2.24, 2.45) is 5.92 Å². The molecular weight excluding hydrogens is 224 g/mol. The number of rotatable bonds is 2. The van der Waals surface area contributed by atoms with E-state index in [1.807, 2.05) is 12.1 Å². The summed E-state index contributed by atoms with van der Waals surface area (Å²) in [5, 5.41) is 0. The van der Waals surface area contributed by atoms with Crippen molar-refractivity contribution in [1.82, 2.24) is 4.90 Å². The number of benzene rings is 1. The van der Waals surface area contributed by atoms with E-state index in [-0.39, 0.29) is 5.91 Å². The van der Waals surface area contributed by atoms with Crippen LogP contribution in [0, 0.1) is 5.92 Å². The third kappa shape index (κ3) is 2.84. The summed E-state index contributed by atoms with van der Waals surface area (Å²) >= 11 is 0. The highest BCUT2D eigenvalue weighted by atomic mass is 16.2. The van der Waals surface area contributed by atoms with Crippen LogP contribution in [0.25, 0.3) is 0 Å². The van der Waals surface area contributed by atoms with E-state index >= 15 is 0 Å². The van der Waals surface area contributed by atoms with Gasteiger partial charge in [-0.3, -0.25) is 4.79 Å². The number of anilines is 1. The summed E-state index contributed by atoms with van der Waals surface area (Å²) in [4.78, 5) is 15.8. The van der Waals surface area contributed by atoms with Gasteiger partial charge in [0.05, 0.1) is 0 Å². The molecule has 1 aliphatic rings. The Morgan fingerprint density at radius 3 is 2.22 bits per heavy atom. The van der Waals surface area contributed by atoms with Gasteiger partial charge in [0.15, 0.2) is 0 Å². The van der Waals surface area contributed by atoms with Crippen molar-refractivity contribution in [3.63, 3.8) is 0 Å². The Morgan fingerprint density at radius 2 is 1.72 bits per heavy atom. The number of piperidine rings is 1. The van der Waals surface area contributed by atoms with Crippen molar-refractivity contribution in [2.75, 3.05) is 32.1 Å². The molecule has 1 fully saturated rings. The fraction of sp³-hybridized carbons (Fsp3) is 0.533. The third-order valence-corrected chi connectivity index (χ3v) is 3.67. The second-order valence-electron chi connectivity index (χ2n) is 5.42. The normalized spacial score (nSPS) is 16.7. The molecule has 1 saturated heterocycles. The maximum Gasteiger partial charge on any atom is 0.253 e. The van der Waals surface area contributed by atoms with Crippen molar-refractivity contribution in [3.05, 3.63) is 29.8 Å². The van der Waals surface area contributed by atoms with Crippen LogP contribution in [-0.4, -0.2) is 38.0 Å². The molecule has 2 rings (SSSR count). The average molecular weight is 246 g/mol. The molecule has 18 heavy (non-hydrogen) atoms. The molecule has 0 unspecified atom stereocenters. The van der Waals surface area contributed by atoms with E-state index in [0.29, 0.717) is 0 Å². The molecule has 0 radical (unpaired) electrons. The molecule has 0 spiro atoms. The molecular formula is C15H22N2O. The molecule has 0 N–H and O–H groups in total. The Kier molecular flexibility index (Phi) is 3.90. The molecule has 3 heteroatoms. The fourth-order valence-corrected chi connectivity index (χ4v) is 2.34. The molecule has 3 nitrogen and oxygen atoms in total. The van der Waals surface area contributed by atoms with Gasteiger partial charge in [0, 0.05) is 38.4 Å². The predicted octanol–water partition coefficient (Wildman–Crippen LogP) is 2.62. The Morgan fingerprint density at radius 1 is 1.17 bits per heavy atom. The molecule has 0 saturated carbocycles. The monoisotopic (exact) mass is 246 g/mol. The zero-order valence-corrected chi connectivity index (χ0v) is 11.5. The highest BCUT2D eigenvalue weighted by Crippen LogP contribution is 2.23. The van der Waals surface area contributed by atoms with Gasteiger partial charge in [0.1, 0.15) is 0 Å². The van der Waals surface area contributed by atoms with E-state index in [0.717, 1.165) is 24.6 Å². The van der Waals surface area contributed by atoms with Crippen LogP contribution in [-0.2, 0) is 0 Å². The molecule has 0 atom stereocenters. The van der Waals surface area contributed by atoms with Crippen LogP contribution in [0.15, 0.2) is 24.3 Å². The first kappa shape index (κ1) is 12.9. The lowest BCUT2D eigenvalue weighted by atomic mass is 9.98. The molecule has 1 aliphatic heterocycles. The van der Waals surface area contributed by atoms with E-state index in [1.54, 1.807) is 19.0 Å². The Bertz CT molecular complexity index is 403. The molecule has 98 valence electrons. The van der Waals surface area contributed by atoms with E-state index in [2.05, 4.69) is 24.0 Å². The SMILES string of the molecule is CC1CCN(c2ccc(C(=O)N(C)C)cc2)CC1. The summed E-state index contributed by atoms with van der Waals surface area (Å²) < 4.78 is 0. The second-order valence-corrected chi connectivity index (χ2v) is 5.42. The molecule has 0 aromatic heterocycles. The molecule has 1 aromatic carbocycles. The van der Waals surface area contributed by atoms with Crippen molar-refractivity contribution < 1.29 is 4.79 Å². The predicted molar refractivity (Wildman–Crippen MR) is 75.1 cm³/mol. The molecule has 0 bridgehead atoms. The highest BCUT2D eigenvalue weighted by molar-refractivity contribution is 5.94. The maximum atomic E-state index is 11.8. The van der Waals surface area contributed by atoms with Gasteiger partial charge in [0.2, 0.25) is 0 Å². The minimum Gasteiger partial charge on any atom is -0.372 e. The van der Waals surface area contributed by atoms with E-state index in [4.69, 9.17) is 0 Å². The van der Waals surface area contributed by atoms with Gasteiger partial charge in [-0.25, -0.2) is 0 Å². The van der Waals surface area contributed by atoms with Gasteiger partial charge in [-0.1, -0.05) is 6.92 Å². The van der Waals surface area contributed by atoms with Gasteiger partial charge >= 0.3 is 0 Å². The largest absolute Gasteiger partial charge is 0.372 e. The Hall–Kier alpha value is -1.51. The first-order valence-electron chi connectivity index (χ1n) is 6.64. The molecule has 0 aliphatic carbocycles. The zero-order chi connectivity index (χ0) is 13.1. The molecule has 1 aromatic rings. The fourth-order valence-electron chi connectivity index (χ4n) is 2.34. The van der Waals surface area contributed by atoms with E-state index in [9.17, 15) is 4.79 Å². The lowest BCUT2D eigenvalue weighted by molar-refractivity contribution is 0.0827. The first-order chi connectivity index (χ1) is 8.58. The number of nitrogens with zero attached hydrogens (tertiary/aromatic N) is 2. The summed E-state index contributed by atoms with van der Waals surface area (Å²) in [6.07, 6.45) is 2.52. The van der Waals surface area contributed by atoms with Crippen LogP contribution in [0.5, 0.6) is 0 Å². The van der Waals surface area contributed by atoms with Crippen LogP contribution in [0.1, 0.15) is 30.1 Å². The summed E-state index contributed by atoms with van der Waals surface area (Å²) in [7, 11) is 3.56. The van der Waals surface area contributed by atoms with Gasteiger partial charge in [0.25, 0.3) is 5.91 Å². The lowest BCUT2D eigenvalue weighted by Crippen LogP contribution is -2.32. The number of hydrogen-bond donors (Lipinski definition) is 0. The second kappa shape index (κ2) is 5.42. The maximum absolute atomic E-state index is 11.8. The van der Waals surface area contributed by atoms with Gasteiger partial charge < -0.3 is 9.80 Å². The van der Waals surface area contributed by atoms with E-state index in [1.165, 1.54) is 18.5 Å². The third-order valence-electron chi connectivity index (χ3n) is 3.67. The zero-order valence-electron chi connectivity index (χ0n) is 11.5. The number of carbonyl (C=O) groups excluding carboxylic acids is 1. The quantitative estimate of drug-likeness (QED) is 0.801. The van der Waals surface area contributed by atoms with Crippen molar-refractivity contribution >= 4 is 11.6 Å². The minimum absolute atomic E-state index is 0.0637. The smallest absolute Gasteiger partial charge is 0.253 e. The van der Waals surface area contributed by atoms with Crippen LogP contribution in [0.4, 0.5) is 5.69 Å². The summed E-state index contributed by atoms with van der Waals surface area (Å²) in [5.41, 5.74) is 1.99. The van der Waals surface area contributed by atoms with E-state index < -0.39 is 0 Å². The van der Waals surface area contributed by atoms with Crippen molar-refractivity contribution in [3.8, 4) is 0 Å².